The monoisotopic (exact) mass is 247 g/mol. The lowest BCUT2D eigenvalue weighted by Crippen LogP contribution is -2.45. The molecular formula is C10H21N3O2S. The smallest absolute Gasteiger partial charge is 0.281 e. The Morgan fingerprint density at radius 1 is 1.06 bits per heavy atom. The third kappa shape index (κ3) is 2.40. The number of rotatable bonds is 3. The van der Waals surface area contributed by atoms with Crippen molar-refractivity contribution in [1.82, 2.24) is 8.61 Å². The molecular weight excluding hydrogens is 226 g/mol. The summed E-state index contributed by atoms with van der Waals surface area (Å²) in [5.74, 6) is 0.347. The molecule has 2 heterocycles. The molecule has 2 aliphatic heterocycles. The van der Waals surface area contributed by atoms with Crippen LogP contribution in [0.5, 0.6) is 0 Å². The van der Waals surface area contributed by atoms with Crippen LogP contribution in [0.3, 0.4) is 0 Å². The molecule has 0 amide bonds. The average molecular weight is 247 g/mol. The summed E-state index contributed by atoms with van der Waals surface area (Å²) in [7, 11) is -3.19. The molecule has 2 rings (SSSR count). The van der Waals surface area contributed by atoms with Gasteiger partial charge in [-0.3, -0.25) is 0 Å². The van der Waals surface area contributed by atoms with Gasteiger partial charge in [-0.1, -0.05) is 6.42 Å². The molecule has 1 unspecified atom stereocenters. The van der Waals surface area contributed by atoms with Gasteiger partial charge in [-0.25, -0.2) is 0 Å². The fourth-order valence-corrected chi connectivity index (χ4v) is 4.24. The van der Waals surface area contributed by atoms with Crippen LogP contribution in [-0.4, -0.2) is 49.8 Å². The first-order valence-corrected chi connectivity index (χ1v) is 7.49. The molecule has 0 aromatic heterocycles. The Labute approximate surface area is 97.8 Å². The summed E-state index contributed by atoms with van der Waals surface area (Å²) >= 11 is 0. The zero-order valence-corrected chi connectivity index (χ0v) is 10.5. The highest BCUT2D eigenvalue weighted by Crippen LogP contribution is 2.23. The Kier molecular flexibility index (Phi) is 3.84. The summed E-state index contributed by atoms with van der Waals surface area (Å²) in [5.41, 5.74) is 5.58. The van der Waals surface area contributed by atoms with E-state index in [0.717, 1.165) is 25.7 Å². The molecule has 0 radical (unpaired) electrons. The van der Waals surface area contributed by atoms with E-state index in [1.165, 1.54) is 0 Å². The number of hydrogen-bond acceptors (Lipinski definition) is 3. The van der Waals surface area contributed by atoms with Gasteiger partial charge in [0.15, 0.2) is 0 Å². The molecule has 0 aliphatic carbocycles. The first-order valence-electron chi connectivity index (χ1n) is 6.10. The second-order valence-electron chi connectivity index (χ2n) is 4.72. The Morgan fingerprint density at radius 2 is 1.75 bits per heavy atom. The zero-order chi connectivity index (χ0) is 11.6. The molecule has 94 valence electrons. The second kappa shape index (κ2) is 5.00. The van der Waals surface area contributed by atoms with Gasteiger partial charge < -0.3 is 5.73 Å². The Bertz CT molecular complexity index is 325. The van der Waals surface area contributed by atoms with Crippen molar-refractivity contribution >= 4 is 10.2 Å². The zero-order valence-electron chi connectivity index (χ0n) is 9.64. The first kappa shape index (κ1) is 12.3. The maximum absolute atomic E-state index is 12.3. The van der Waals surface area contributed by atoms with Crippen molar-refractivity contribution < 1.29 is 8.42 Å². The van der Waals surface area contributed by atoms with Gasteiger partial charge in [0.05, 0.1) is 0 Å². The molecule has 16 heavy (non-hydrogen) atoms. The van der Waals surface area contributed by atoms with Gasteiger partial charge >= 0.3 is 0 Å². The van der Waals surface area contributed by atoms with Gasteiger partial charge in [-0.15, -0.1) is 0 Å². The molecule has 0 aromatic carbocycles. The molecule has 5 nitrogen and oxygen atoms in total. The lowest BCUT2D eigenvalue weighted by atomic mass is 10.1. The standard InChI is InChI=1S/C10H21N3O2S/c11-8-10-4-7-13(9-10)16(14,15)12-5-2-1-3-6-12/h10H,1-9,11H2. The molecule has 1 atom stereocenters. The van der Waals surface area contributed by atoms with Crippen molar-refractivity contribution in [3.8, 4) is 0 Å². The summed E-state index contributed by atoms with van der Waals surface area (Å²) in [5, 5.41) is 0. The van der Waals surface area contributed by atoms with Gasteiger partial charge in [-0.2, -0.15) is 17.0 Å². The van der Waals surface area contributed by atoms with Crippen LogP contribution >= 0.6 is 0 Å². The van der Waals surface area contributed by atoms with E-state index >= 15 is 0 Å². The Hall–Kier alpha value is -0.170. The lowest BCUT2D eigenvalue weighted by molar-refractivity contribution is 0.314. The largest absolute Gasteiger partial charge is 0.330 e. The topological polar surface area (TPSA) is 66.6 Å². The van der Waals surface area contributed by atoms with E-state index in [1.54, 1.807) is 8.61 Å². The summed E-state index contributed by atoms with van der Waals surface area (Å²) < 4.78 is 27.8. The van der Waals surface area contributed by atoms with Crippen LogP contribution in [0.25, 0.3) is 0 Å². The molecule has 2 aliphatic rings. The van der Waals surface area contributed by atoms with Crippen molar-refractivity contribution in [3.63, 3.8) is 0 Å². The Morgan fingerprint density at radius 3 is 2.31 bits per heavy atom. The quantitative estimate of drug-likeness (QED) is 0.763. The van der Waals surface area contributed by atoms with Gasteiger partial charge in [0.25, 0.3) is 10.2 Å². The van der Waals surface area contributed by atoms with E-state index < -0.39 is 10.2 Å². The molecule has 2 fully saturated rings. The summed E-state index contributed by atoms with van der Waals surface area (Å²) in [6.07, 6.45) is 4.04. The van der Waals surface area contributed by atoms with Crippen molar-refractivity contribution in [2.45, 2.75) is 25.7 Å². The van der Waals surface area contributed by atoms with E-state index in [0.29, 0.717) is 38.6 Å². The number of hydrogen-bond donors (Lipinski definition) is 1. The fraction of sp³-hybridized carbons (Fsp3) is 1.00. The minimum Gasteiger partial charge on any atom is -0.330 e. The van der Waals surface area contributed by atoms with Crippen LogP contribution in [0.4, 0.5) is 0 Å². The lowest BCUT2D eigenvalue weighted by Gasteiger charge is -2.30. The maximum Gasteiger partial charge on any atom is 0.281 e. The van der Waals surface area contributed by atoms with Crippen molar-refractivity contribution in [2.75, 3.05) is 32.7 Å². The SMILES string of the molecule is NCC1CCN(S(=O)(=O)N2CCCCC2)C1. The number of nitrogens with zero attached hydrogens (tertiary/aromatic N) is 2. The minimum absolute atomic E-state index is 0.347. The summed E-state index contributed by atoms with van der Waals surface area (Å²) in [6.45, 7) is 3.21. The number of piperidine rings is 1. The van der Waals surface area contributed by atoms with E-state index in [4.69, 9.17) is 5.73 Å². The van der Waals surface area contributed by atoms with Crippen molar-refractivity contribution in [2.24, 2.45) is 11.7 Å². The molecule has 0 bridgehead atoms. The maximum atomic E-state index is 12.3. The third-order valence-electron chi connectivity index (χ3n) is 3.55. The average Bonchev–Trinajstić information content (AvgIpc) is 2.79. The minimum atomic E-state index is -3.19. The van der Waals surface area contributed by atoms with Gasteiger partial charge in [0.1, 0.15) is 0 Å². The van der Waals surface area contributed by atoms with E-state index in [9.17, 15) is 8.42 Å². The van der Waals surface area contributed by atoms with Crippen LogP contribution in [0.2, 0.25) is 0 Å². The van der Waals surface area contributed by atoms with Gasteiger partial charge in [-0.05, 0) is 31.7 Å². The summed E-state index contributed by atoms with van der Waals surface area (Å²) in [4.78, 5) is 0. The highest BCUT2D eigenvalue weighted by Gasteiger charge is 2.35. The van der Waals surface area contributed by atoms with Gasteiger partial charge in [0.2, 0.25) is 0 Å². The third-order valence-corrected chi connectivity index (χ3v) is 5.55. The highest BCUT2D eigenvalue weighted by atomic mass is 32.2. The van der Waals surface area contributed by atoms with Crippen LogP contribution in [-0.2, 0) is 10.2 Å². The molecule has 0 spiro atoms. The fourth-order valence-electron chi connectivity index (χ4n) is 2.46. The van der Waals surface area contributed by atoms with E-state index in [1.807, 2.05) is 0 Å². The predicted molar refractivity (Wildman–Crippen MR) is 63.1 cm³/mol. The van der Waals surface area contributed by atoms with Crippen LogP contribution < -0.4 is 5.73 Å². The molecule has 0 aromatic rings. The predicted octanol–water partition coefficient (Wildman–Crippen LogP) is -0.00230. The van der Waals surface area contributed by atoms with E-state index in [-0.39, 0.29) is 0 Å². The van der Waals surface area contributed by atoms with E-state index in [2.05, 4.69) is 0 Å². The van der Waals surface area contributed by atoms with Crippen molar-refractivity contribution in [1.29, 1.82) is 0 Å². The molecule has 6 heteroatoms. The van der Waals surface area contributed by atoms with Gasteiger partial charge in [0, 0.05) is 26.2 Å². The summed E-state index contributed by atoms with van der Waals surface area (Å²) in [6, 6.07) is 0. The molecule has 0 saturated carbocycles. The van der Waals surface area contributed by atoms with Crippen LogP contribution in [0.15, 0.2) is 0 Å². The molecule has 2 saturated heterocycles. The van der Waals surface area contributed by atoms with Crippen LogP contribution in [0, 0.1) is 5.92 Å². The van der Waals surface area contributed by atoms with Crippen LogP contribution in [0.1, 0.15) is 25.7 Å². The Balaban J connectivity index is 2.01. The normalized spacial score (nSPS) is 29.7. The molecule has 2 N–H and O–H groups in total. The first-order chi connectivity index (χ1) is 7.64. The second-order valence-corrected chi connectivity index (χ2v) is 6.64. The number of nitrogens with two attached hydrogens (primary N) is 1. The highest BCUT2D eigenvalue weighted by molar-refractivity contribution is 7.86. The van der Waals surface area contributed by atoms with Crippen molar-refractivity contribution in [3.05, 3.63) is 0 Å².